The molecule has 9 heteroatoms. The summed E-state index contributed by atoms with van der Waals surface area (Å²) < 4.78 is 21.4. The van der Waals surface area contributed by atoms with E-state index in [0.717, 1.165) is 81.3 Å². The SMILES string of the molecule is CCc1cc(O)ccc1C1CCC2C(c3ncc(C4=CCN(C[C@@H]5COCCN5)C4)[nH]3)NNC2C1F. The molecule has 8 nitrogen and oxygen atoms in total. The quantitative estimate of drug-likeness (QED) is 0.419. The minimum atomic E-state index is -1.01. The van der Waals surface area contributed by atoms with Gasteiger partial charge in [0.15, 0.2) is 0 Å². The zero-order valence-electron chi connectivity index (χ0n) is 20.8. The average Bonchev–Trinajstić information content (AvgIpc) is 3.65. The van der Waals surface area contributed by atoms with Gasteiger partial charge in [-0.3, -0.25) is 10.3 Å². The molecule has 0 amide bonds. The van der Waals surface area contributed by atoms with Gasteiger partial charge >= 0.3 is 0 Å². The summed E-state index contributed by atoms with van der Waals surface area (Å²) in [7, 11) is 0. The molecule has 0 spiro atoms. The Bertz CT molecular complexity index is 1100. The predicted molar refractivity (Wildman–Crippen MR) is 136 cm³/mol. The summed E-state index contributed by atoms with van der Waals surface area (Å²) in [6.07, 6.45) is 5.66. The van der Waals surface area contributed by atoms with Crippen LogP contribution in [0.3, 0.4) is 0 Å². The van der Waals surface area contributed by atoms with Gasteiger partial charge in [-0.15, -0.1) is 0 Å². The number of aryl methyl sites for hydroxylation is 1. The Morgan fingerprint density at radius 2 is 2.17 bits per heavy atom. The summed E-state index contributed by atoms with van der Waals surface area (Å²) in [5.41, 5.74) is 11.0. The van der Waals surface area contributed by atoms with Crippen molar-refractivity contribution in [1.82, 2.24) is 31.0 Å². The number of phenols is 1. The zero-order valence-corrected chi connectivity index (χ0v) is 20.8. The lowest BCUT2D eigenvalue weighted by Gasteiger charge is -2.36. The molecule has 0 bridgehead atoms. The number of alkyl halides is 1. The molecule has 5 unspecified atom stereocenters. The van der Waals surface area contributed by atoms with Crippen molar-refractivity contribution in [3.63, 3.8) is 0 Å². The molecule has 4 aliphatic rings. The number of fused-ring (bicyclic) bond motifs is 1. The number of ether oxygens (including phenoxy) is 1. The van der Waals surface area contributed by atoms with Crippen LogP contribution >= 0.6 is 0 Å². The van der Waals surface area contributed by atoms with E-state index in [-0.39, 0.29) is 29.7 Å². The van der Waals surface area contributed by atoms with Gasteiger partial charge in [0.1, 0.15) is 17.7 Å². The second kappa shape index (κ2) is 10.2. The first-order valence-corrected chi connectivity index (χ1v) is 13.4. The lowest BCUT2D eigenvalue weighted by Crippen LogP contribution is -2.48. The number of aromatic nitrogens is 2. The fourth-order valence-electron chi connectivity index (χ4n) is 6.56. The van der Waals surface area contributed by atoms with Crippen LogP contribution in [0.4, 0.5) is 4.39 Å². The molecule has 6 atom stereocenters. The summed E-state index contributed by atoms with van der Waals surface area (Å²) in [5, 5.41) is 13.4. The Balaban J connectivity index is 1.10. The van der Waals surface area contributed by atoms with Gasteiger partial charge in [0.05, 0.1) is 37.2 Å². The van der Waals surface area contributed by atoms with Crippen LogP contribution in [0.1, 0.15) is 54.4 Å². The number of rotatable bonds is 6. The number of H-pyrrole nitrogens is 1. The van der Waals surface area contributed by atoms with Gasteiger partial charge in [0.2, 0.25) is 0 Å². The van der Waals surface area contributed by atoms with Crippen molar-refractivity contribution in [2.75, 3.05) is 39.4 Å². The molecule has 1 saturated carbocycles. The minimum absolute atomic E-state index is 0.0462. The number of halogens is 1. The molecule has 6 rings (SSSR count). The Morgan fingerprint density at radius 3 is 3.00 bits per heavy atom. The van der Waals surface area contributed by atoms with Crippen molar-refractivity contribution in [2.45, 2.75) is 56.4 Å². The highest BCUT2D eigenvalue weighted by Gasteiger charge is 2.48. The maximum atomic E-state index is 15.9. The van der Waals surface area contributed by atoms with Crippen LogP contribution in [0, 0.1) is 5.92 Å². The molecule has 3 fully saturated rings. The normalized spacial score (nSPS) is 33.0. The number of hydrazine groups is 1. The van der Waals surface area contributed by atoms with E-state index in [4.69, 9.17) is 9.72 Å². The molecule has 2 saturated heterocycles. The van der Waals surface area contributed by atoms with Gasteiger partial charge in [-0.2, -0.15) is 0 Å². The standard InChI is InChI=1S/C27H37FN6O2/c1-2-16-11-19(35)3-4-20(16)21-5-6-22-25(24(21)28)32-33-26(22)27-30-12-23(31-27)17-7-9-34(13-17)14-18-15-36-10-8-29-18/h3-4,7,11-12,18,21-22,24-26,29,32-33,35H,2,5-6,8-10,13-15H2,1H3,(H,30,31)/t18-,21?,22?,24?,25?,26?/m1/s1. The van der Waals surface area contributed by atoms with Crippen LogP contribution < -0.4 is 16.2 Å². The van der Waals surface area contributed by atoms with E-state index < -0.39 is 6.17 Å². The molecule has 194 valence electrons. The first-order valence-electron chi connectivity index (χ1n) is 13.4. The largest absolute Gasteiger partial charge is 0.508 e. The van der Waals surface area contributed by atoms with Crippen LogP contribution in [-0.2, 0) is 11.2 Å². The Kier molecular flexibility index (Phi) is 6.83. The number of nitrogens with one attached hydrogen (secondary N) is 4. The maximum absolute atomic E-state index is 15.9. The van der Waals surface area contributed by atoms with Crippen molar-refractivity contribution >= 4 is 5.57 Å². The number of benzene rings is 1. The van der Waals surface area contributed by atoms with Crippen LogP contribution in [0.15, 0.2) is 30.5 Å². The fourth-order valence-corrected chi connectivity index (χ4v) is 6.56. The number of hydrogen-bond acceptors (Lipinski definition) is 7. The van der Waals surface area contributed by atoms with E-state index in [2.05, 4.69) is 39.1 Å². The molecular formula is C27H37FN6O2. The summed E-state index contributed by atoms with van der Waals surface area (Å²) in [5.74, 6) is 1.08. The number of aromatic hydroxyl groups is 1. The molecule has 1 aliphatic carbocycles. The van der Waals surface area contributed by atoms with Crippen LogP contribution in [0.2, 0.25) is 0 Å². The molecule has 36 heavy (non-hydrogen) atoms. The van der Waals surface area contributed by atoms with Crippen LogP contribution in [0.25, 0.3) is 5.57 Å². The number of nitrogens with zero attached hydrogens (tertiary/aromatic N) is 2. The van der Waals surface area contributed by atoms with Crippen molar-refractivity contribution in [1.29, 1.82) is 0 Å². The van der Waals surface area contributed by atoms with Gasteiger partial charge < -0.3 is 20.1 Å². The highest BCUT2D eigenvalue weighted by Crippen LogP contribution is 2.45. The first kappa shape index (κ1) is 24.1. The average molecular weight is 497 g/mol. The third-order valence-corrected chi connectivity index (χ3v) is 8.44. The molecule has 3 aliphatic heterocycles. The van der Waals surface area contributed by atoms with E-state index in [1.54, 1.807) is 12.1 Å². The van der Waals surface area contributed by atoms with Crippen molar-refractivity contribution in [3.8, 4) is 5.75 Å². The second-order valence-corrected chi connectivity index (χ2v) is 10.7. The van der Waals surface area contributed by atoms with E-state index >= 15 is 4.39 Å². The van der Waals surface area contributed by atoms with E-state index in [1.165, 1.54) is 5.57 Å². The third kappa shape index (κ3) is 4.59. The molecule has 5 N–H and O–H groups in total. The van der Waals surface area contributed by atoms with Crippen molar-refractivity contribution < 1.29 is 14.2 Å². The smallest absolute Gasteiger partial charge is 0.125 e. The first-order chi connectivity index (χ1) is 17.6. The molecule has 1 aromatic carbocycles. The molecular weight excluding hydrogens is 459 g/mol. The number of imidazole rings is 1. The number of phenolic OH excluding ortho intramolecular Hbond substituents is 1. The molecule has 4 heterocycles. The molecule has 0 radical (unpaired) electrons. The Hall–Kier alpha value is -2.30. The summed E-state index contributed by atoms with van der Waals surface area (Å²) in [4.78, 5) is 10.7. The zero-order chi connectivity index (χ0) is 24.6. The lowest BCUT2D eigenvalue weighted by atomic mass is 9.71. The van der Waals surface area contributed by atoms with Crippen LogP contribution in [0.5, 0.6) is 5.75 Å². The second-order valence-electron chi connectivity index (χ2n) is 10.7. The Morgan fingerprint density at radius 1 is 1.25 bits per heavy atom. The van der Waals surface area contributed by atoms with Gasteiger partial charge in [-0.05, 0) is 48.1 Å². The summed E-state index contributed by atoms with van der Waals surface area (Å²) in [6, 6.07) is 5.43. The van der Waals surface area contributed by atoms with Gasteiger partial charge in [0, 0.05) is 44.1 Å². The van der Waals surface area contributed by atoms with Crippen molar-refractivity contribution in [3.05, 3.63) is 53.1 Å². The highest BCUT2D eigenvalue weighted by molar-refractivity contribution is 5.66. The van der Waals surface area contributed by atoms with Gasteiger partial charge in [-0.25, -0.2) is 14.8 Å². The number of morpholine rings is 1. The maximum Gasteiger partial charge on any atom is 0.125 e. The fraction of sp³-hybridized carbons (Fsp3) is 0.593. The van der Waals surface area contributed by atoms with Gasteiger partial charge in [0.25, 0.3) is 0 Å². The van der Waals surface area contributed by atoms with E-state index in [1.807, 2.05) is 12.3 Å². The molecule has 2 aromatic rings. The number of hydrogen-bond donors (Lipinski definition) is 5. The van der Waals surface area contributed by atoms with Crippen molar-refractivity contribution in [2.24, 2.45) is 5.92 Å². The predicted octanol–water partition coefficient (Wildman–Crippen LogP) is 2.41. The van der Waals surface area contributed by atoms with E-state index in [9.17, 15) is 5.11 Å². The lowest BCUT2D eigenvalue weighted by molar-refractivity contribution is 0.0659. The monoisotopic (exact) mass is 496 g/mol. The Labute approximate surface area is 211 Å². The summed E-state index contributed by atoms with van der Waals surface area (Å²) in [6.45, 7) is 7.33. The highest BCUT2D eigenvalue weighted by atomic mass is 19.1. The molecule has 1 aromatic heterocycles. The van der Waals surface area contributed by atoms with E-state index in [0.29, 0.717) is 6.04 Å². The minimum Gasteiger partial charge on any atom is -0.508 e. The third-order valence-electron chi connectivity index (χ3n) is 8.44. The topological polar surface area (TPSA) is 97.5 Å². The number of aromatic amines is 1. The van der Waals surface area contributed by atoms with Gasteiger partial charge in [-0.1, -0.05) is 19.1 Å². The van der Waals surface area contributed by atoms with Crippen LogP contribution in [-0.4, -0.2) is 77.6 Å². The summed E-state index contributed by atoms with van der Waals surface area (Å²) >= 11 is 0.